The Hall–Kier alpha value is -2.01. The van der Waals surface area contributed by atoms with Gasteiger partial charge in [0.05, 0.1) is 12.1 Å². The largest absolute Gasteiger partial charge is 0.296 e. The first-order valence-electron chi connectivity index (χ1n) is 8.04. The van der Waals surface area contributed by atoms with Gasteiger partial charge in [0, 0.05) is 11.9 Å². The van der Waals surface area contributed by atoms with Gasteiger partial charge in [0.1, 0.15) is 5.82 Å². The molecule has 2 aromatic heterocycles. The summed E-state index contributed by atoms with van der Waals surface area (Å²) in [6, 6.07) is 8.14. The second-order valence-corrected chi connectivity index (χ2v) is 6.43. The lowest BCUT2D eigenvalue weighted by Crippen LogP contribution is -2.34. The Morgan fingerprint density at radius 2 is 2.09 bits per heavy atom. The molecule has 0 unspecified atom stereocenters. The van der Waals surface area contributed by atoms with Gasteiger partial charge in [0.15, 0.2) is 11.5 Å². The van der Waals surface area contributed by atoms with Crippen LogP contribution in [0.15, 0.2) is 24.3 Å². The van der Waals surface area contributed by atoms with Crippen molar-refractivity contribution in [1.29, 1.82) is 0 Å². The maximum atomic E-state index is 4.71. The van der Waals surface area contributed by atoms with Crippen molar-refractivity contribution >= 4 is 16.6 Å². The van der Waals surface area contributed by atoms with Gasteiger partial charge < -0.3 is 0 Å². The van der Waals surface area contributed by atoms with E-state index in [0.29, 0.717) is 0 Å². The van der Waals surface area contributed by atoms with Gasteiger partial charge in [-0.25, -0.2) is 4.98 Å². The maximum absolute atomic E-state index is 4.71. The lowest BCUT2D eigenvalue weighted by Gasteiger charge is -2.30. The van der Waals surface area contributed by atoms with Crippen LogP contribution < -0.4 is 0 Å². The van der Waals surface area contributed by atoms with E-state index >= 15 is 0 Å². The molecule has 0 saturated carbocycles. The van der Waals surface area contributed by atoms with Crippen LogP contribution in [0.1, 0.15) is 31.4 Å². The van der Waals surface area contributed by atoms with E-state index in [4.69, 9.17) is 4.98 Å². The van der Waals surface area contributed by atoms with E-state index in [1.807, 2.05) is 25.1 Å². The van der Waals surface area contributed by atoms with Gasteiger partial charge in [-0.1, -0.05) is 19.1 Å². The third-order valence-corrected chi connectivity index (χ3v) is 4.59. The zero-order valence-corrected chi connectivity index (χ0v) is 13.2. The van der Waals surface area contributed by atoms with Crippen LogP contribution in [0.4, 0.5) is 0 Å². The number of para-hydroxylation sites is 1. The van der Waals surface area contributed by atoms with Gasteiger partial charge in [-0.3, -0.25) is 9.30 Å². The van der Waals surface area contributed by atoms with Crippen molar-refractivity contribution in [3.05, 3.63) is 35.9 Å². The molecule has 3 aromatic rings. The number of likely N-dealkylation sites (tertiary alicyclic amines) is 1. The van der Waals surface area contributed by atoms with Crippen LogP contribution in [-0.4, -0.2) is 37.6 Å². The summed E-state index contributed by atoms with van der Waals surface area (Å²) >= 11 is 0. The minimum atomic E-state index is 0.771. The van der Waals surface area contributed by atoms with Crippen LogP contribution in [-0.2, 0) is 6.54 Å². The second kappa shape index (κ2) is 5.32. The first kappa shape index (κ1) is 13.6. The highest BCUT2D eigenvalue weighted by Crippen LogP contribution is 2.21. The number of nitrogens with zero attached hydrogens (tertiary/aromatic N) is 5. The molecular formula is C17H21N5. The predicted molar refractivity (Wildman–Crippen MR) is 86.7 cm³/mol. The van der Waals surface area contributed by atoms with E-state index in [1.54, 1.807) is 0 Å². The van der Waals surface area contributed by atoms with Crippen LogP contribution in [0.25, 0.3) is 16.6 Å². The highest BCUT2D eigenvalue weighted by Gasteiger charge is 2.20. The summed E-state index contributed by atoms with van der Waals surface area (Å²) in [6.07, 6.45) is 2.61. The van der Waals surface area contributed by atoms with Crippen LogP contribution in [0.5, 0.6) is 0 Å². The third-order valence-electron chi connectivity index (χ3n) is 4.59. The van der Waals surface area contributed by atoms with Crippen LogP contribution in [0, 0.1) is 12.8 Å². The molecule has 5 nitrogen and oxygen atoms in total. The molecule has 114 valence electrons. The van der Waals surface area contributed by atoms with Gasteiger partial charge in [-0.15, -0.1) is 10.2 Å². The smallest absolute Gasteiger partial charge is 0.171 e. The van der Waals surface area contributed by atoms with Crippen LogP contribution in [0.2, 0.25) is 0 Å². The van der Waals surface area contributed by atoms with Gasteiger partial charge in [-0.2, -0.15) is 0 Å². The Bertz CT molecular complexity index is 822. The van der Waals surface area contributed by atoms with Crippen LogP contribution >= 0.6 is 0 Å². The Balaban J connectivity index is 1.77. The van der Waals surface area contributed by atoms with E-state index in [2.05, 4.69) is 32.5 Å². The van der Waals surface area contributed by atoms with Gasteiger partial charge in [-0.05, 0) is 44.4 Å². The fraction of sp³-hybridized carbons (Fsp3) is 0.471. The lowest BCUT2D eigenvalue weighted by atomic mass is 10.0. The van der Waals surface area contributed by atoms with Crippen molar-refractivity contribution in [2.75, 3.05) is 13.1 Å². The normalized spacial score (nSPS) is 20.0. The zero-order chi connectivity index (χ0) is 15.1. The van der Waals surface area contributed by atoms with E-state index < -0.39 is 0 Å². The van der Waals surface area contributed by atoms with Crippen molar-refractivity contribution < 1.29 is 0 Å². The summed E-state index contributed by atoms with van der Waals surface area (Å²) in [6.45, 7) is 7.51. The number of aryl methyl sites for hydroxylation is 1. The van der Waals surface area contributed by atoms with Crippen molar-refractivity contribution in [3.63, 3.8) is 0 Å². The minimum absolute atomic E-state index is 0.771. The molecular weight excluding hydrogens is 274 g/mol. The molecule has 22 heavy (non-hydrogen) atoms. The second-order valence-electron chi connectivity index (χ2n) is 6.43. The summed E-state index contributed by atoms with van der Waals surface area (Å²) in [4.78, 5) is 7.19. The average molecular weight is 295 g/mol. The topological polar surface area (TPSA) is 46.3 Å². The number of aromatic nitrogens is 4. The van der Waals surface area contributed by atoms with Gasteiger partial charge in [0.25, 0.3) is 0 Å². The molecule has 0 bridgehead atoms. The molecule has 4 rings (SSSR count). The molecule has 0 spiro atoms. The van der Waals surface area contributed by atoms with Crippen molar-refractivity contribution in [2.24, 2.45) is 5.92 Å². The number of rotatable bonds is 2. The third kappa shape index (κ3) is 2.25. The molecule has 1 aliphatic heterocycles. The SMILES string of the molecule is Cc1nc2ccccc2c2nnc(CN3CCC[C@@H](C)C3)n12. The average Bonchev–Trinajstić information content (AvgIpc) is 2.92. The molecule has 1 aliphatic rings. The van der Waals surface area contributed by atoms with E-state index in [1.165, 1.54) is 12.8 Å². The molecule has 1 fully saturated rings. The van der Waals surface area contributed by atoms with Crippen molar-refractivity contribution in [1.82, 2.24) is 24.5 Å². The number of hydrogen-bond donors (Lipinski definition) is 0. The molecule has 1 saturated heterocycles. The molecule has 5 heteroatoms. The van der Waals surface area contributed by atoms with Gasteiger partial charge >= 0.3 is 0 Å². The number of benzene rings is 1. The monoisotopic (exact) mass is 295 g/mol. The number of hydrogen-bond acceptors (Lipinski definition) is 4. The molecule has 0 radical (unpaired) electrons. The fourth-order valence-corrected chi connectivity index (χ4v) is 3.55. The number of fused-ring (bicyclic) bond motifs is 3. The molecule has 0 amide bonds. The van der Waals surface area contributed by atoms with Crippen molar-refractivity contribution in [3.8, 4) is 0 Å². The summed E-state index contributed by atoms with van der Waals surface area (Å²) in [5, 5.41) is 9.96. The maximum Gasteiger partial charge on any atom is 0.171 e. The highest BCUT2D eigenvalue weighted by molar-refractivity contribution is 5.91. The summed E-state index contributed by atoms with van der Waals surface area (Å²) < 4.78 is 2.11. The zero-order valence-electron chi connectivity index (χ0n) is 13.2. The molecule has 0 N–H and O–H groups in total. The summed E-state index contributed by atoms with van der Waals surface area (Å²) in [7, 11) is 0. The predicted octanol–water partition coefficient (Wildman–Crippen LogP) is 2.82. The van der Waals surface area contributed by atoms with Crippen molar-refractivity contribution in [2.45, 2.75) is 33.2 Å². The molecule has 1 aromatic carbocycles. The quantitative estimate of drug-likeness (QED) is 0.729. The lowest BCUT2D eigenvalue weighted by molar-refractivity contribution is 0.172. The number of piperidine rings is 1. The Morgan fingerprint density at radius 3 is 2.95 bits per heavy atom. The van der Waals surface area contributed by atoms with Gasteiger partial charge in [0.2, 0.25) is 0 Å². The molecule has 1 atom stereocenters. The Kier molecular flexibility index (Phi) is 3.30. The fourth-order valence-electron chi connectivity index (χ4n) is 3.55. The molecule has 3 heterocycles. The minimum Gasteiger partial charge on any atom is -0.296 e. The Morgan fingerprint density at radius 1 is 1.23 bits per heavy atom. The van der Waals surface area contributed by atoms with E-state index in [-0.39, 0.29) is 0 Å². The highest BCUT2D eigenvalue weighted by atomic mass is 15.3. The molecule has 0 aliphatic carbocycles. The summed E-state index contributed by atoms with van der Waals surface area (Å²) in [5.74, 6) is 2.73. The van der Waals surface area contributed by atoms with Crippen LogP contribution in [0.3, 0.4) is 0 Å². The van der Waals surface area contributed by atoms with E-state index in [0.717, 1.165) is 53.8 Å². The summed E-state index contributed by atoms with van der Waals surface area (Å²) in [5.41, 5.74) is 1.90. The Labute approximate surface area is 130 Å². The van der Waals surface area contributed by atoms with E-state index in [9.17, 15) is 0 Å². The standard InChI is InChI=1S/C17H21N5/c1-12-6-5-9-21(10-12)11-16-19-20-17-14-7-3-4-8-15(14)18-13(2)22(16)17/h3-4,7-8,12H,5-6,9-11H2,1-2H3/t12-/m1/s1. The first-order chi connectivity index (χ1) is 10.7. The first-order valence-corrected chi connectivity index (χ1v) is 8.04.